The third kappa shape index (κ3) is 4.08. The highest BCUT2D eigenvalue weighted by Gasteiger charge is 2.59. The van der Waals surface area contributed by atoms with Crippen LogP contribution in [0.2, 0.25) is 0 Å². The first-order valence-corrected chi connectivity index (χ1v) is 3.58. The fourth-order valence-electron chi connectivity index (χ4n) is 0.500. The van der Waals surface area contributed by atoms with Crippen molar-refractivity contribution in [3.8, 4) is 0 Å². The maximum absolute atomic E-state index is 12.4. The molecule has 0 aromatic rings. The highest BCUT2D eigenvalue weighted by Crippen LogP contribution is 2.36. The highest BCUT2D eigenvalue weighted by atomic mass is 19.4. The second-order valence-electron chi connectivity index (χ2n) is 2.78. The molecule has 0 aromatic heterocycles. The molecule has 8 heteroatoms. The monoisotopic (exact) mass is 238 g/mol. The van der Waals surface area contributed by atoms with Crippen LogP contribution < -0.4 is 0 Å². The van der Waals surface area contributed by atoms with Crippen molar-refractivity contribution in [2.75, 3.05) is 0 Å². The predicted octanol–water partition coefficient (Wildman–Crippen LogP) is 2.39. The average Bonchev–Trinajstić information content (AvgIpc) is 2.00. The molecule has 2 nitrogen and oxygen atoms in total. The number of aliphatic hydroxyl groups is 1. The van der Waals surface area contributed by atoms with Crippen molar-refractivity contribution in [1.29, 1.82) is 0 Å². The largest absolute Gasteiger partial charge is 0.428 e. The number of halogens is 6. The van der Waals surface area contributed by atoms with E-state index in [0.29, 0.717) is 0 Å². The van der Waals surface area contributed by atoms with E-state index in [0.717, 1.165) is 6.92 Å². The quantitative estimate of drug-likeness (QED) is 0.463. The molecule has 0 heterocycles. The van der Waals surface area contributed by atoms with Crippen LogP contribution in [0.25, 0.3) is 0 Å². The Hall–Kier alpha value is -0.760. The maximum atomic E-state index is 12.4. The van der Waals surface area contributed by atoms with E-state index in [4.69, 9.17) is 5.11 Å². The summed E-state index contributed by atoms with van der Waals surface area (Å²) in [5.74, 6) is 0. The van der Waals surface area contributed by atoms with Crippen LogP contribution in [0.3, 0.4) is 0 Å². The minimum absolute atomic E-state index is 0.371. The molecule has 0 fully saturated rings. The van der Waals surface area contributed by atoms with Crippen LogP contribution in [0.4, 0.5) is 26.3 Å². The zero-order valence-corrected chi connectivity index (χ0v) is 7.49. The van der Waals surface area contributed by atoms with Gasteiger partial charge in [-0.15, -0.1) is 0 Å². The van der Waals surface area contributed by atoms with Crippen LogP contribution in [0.1, 0.15) is 6.92 Å². The SMILES string of the molecule is C=C(C)C(O)OC(F)(F)C(F)C(F)(F)F. The highest BCUT2D eigenvalue weighted by molar-refractivity contribution is 4.92. The van der Waals surface area contributed by atoms with Crippen LogP contribution >= 0.6 is 0 Å². The molecule has 2 unspecified atom stereocenters. The molecule has 0 aliphatic heterocycles. The van der Waals surface area contributed by atoms with E-state index in [-0.39, 0.29) is 5.57 Å². The van der Waals surface area contributed by atoms with Gasteiger partial charge in [0.1, 0.15) is 0 Å². The first-order valence-electron chi connectivity index (χ1n) is 3.58. The lowest BCUT2D eigenvalue weighted by molar-refractivity contribution is -0.364. The smallest absolute Gasteiger partial charge is 0.364 e. The number of hydrogen-bond donors (Lipinski definition) is 1. The third-order valence-electron chi connectivity index (χ3n) is 1.27. The van der Waals surface area contributed by atoms with E-state index >= 15 is 0 Å². The Morgan fingerprint density at radius 3 is 1.93 bits per heavy atom. The van der Waals surface area contributed by atoms with Crippen molar-refractivity contribution < 1.29 is 36.2 Å². The zero-order chi connectivity index (χ0) is 12.4. The van der Waals surface area contributed by atoms with Crippen LogP contribution in [-0.2, 0) is 4.74 Å². The molecular formula is C7H8F6O2. The predicted molar refractivity (Wildman–Crippen MR) is 37.8 cm³/mol. The Morgan fingerprint density at radius 2 is 1.67 bits per heavy atom. The fourth-order valence-corrected chi connectivity index (χ4v) is 0.500. The minimum atomic E-state index is -5.77. The van der Waals surface area contributed by atoms with Gasteiger partial charge in [-0.2, -0.15) is 22.0 Å². The molecular weight excluding hydrogens is 230 g/mol. The van der Waals surface area contributed by atoms with Gasteiger partial charge in [-0.3, -0.25) is 4.74 Å². The van der Waals surface area contributed by atoms with Gasteiger partial charge in [0.15, 0.2) is 6.29 Å². The lowest BCUT2D eigenvalue weighted by Crippen LogP contribution is -2.45. The molecule has 0 radical (unpaired) electrons. The van der Waals surface area contributed by atoms with Crippen LogP contribution in [0.15, 0.2) is 12.2 Å². The molecule has 0 spiro atoms. The molecule has 0 amide bonds. The molecule has 0 aliphatic rings. The van der Waals surface area contributed by atoms with Crippen molar-refractivity contribution in [3.05, 3.63) is 12.2 Å². The van der Waals surface area contributed by atoms with Crippen molar-refractivity contribution in [3.63, 3.8) is 0 Å². The van der Waals surface area contributed by atoms with E-state index in [1.807, 2.05) is 0 Å². The van der Waals surface area contributed by atoms with Crippen molar-refractivity contribution in [2.24, 2.45) is 0 Å². The van der Waals surface area contributed by atoms with Gasteiger partial charge in [0.25, 0.3) is 6.17 Å². The summed E-state index contributed by atoms with van der Waals surface area (Å²) >= 11 is 0. The molecule has 0 saturated heterocycles. The Labute approximate surface area is 81.1 Å². The summed E-state index contributed by atoms with van der Waals surface area (Å²) in [5.41, 5.74) is -0.371. The molecule has 0 aliphatic carbocycles. The van der Waals surface area contributed by atoms with E-state index in [9.17, 15) is 26.3 Å². The summed E-state index contributed by atoms with van der Waals surface area (Å²) in [6.07, 6.45) is -17.8. The molecule has 0 bridgehead atoms. The van der Waals surface area contributed by atoms with Crippen molar-refractivity contribution in [1.82, 2.24) is 0 Å². The first kappa shape index (κ1) is 14.2. The van der Waals surface area contributed by atoms with E-state index in [1.54, 1.807) is 0 Å². The van der Waals surface area contributed by atoms with E-state index in [2.05, 4.69) is 11.3 Å². The Balaban J connectivity index is 4.62. The van der Waals surface area contributed by atoms with E-state index < -0.39 is 24.7 Å². The summed E-state index contributed by atoms with van der Waals surface area (Å²) in [7, 11) is 0. The number of hydrogen-bond acceptors (Lipinski definition) is 2. The molecule has 2 atom stereocenters. The van der Waals surface area contributed by atoms with Gasteiger partial charge >= 0.3 is 12.3 Å². The first-order chi connectivity index (χ1) is 6.48. The standard InChI is InChI=1S/C7H8F6O2/c1-3(2)4(14)15-7(12,13)5(8)6(9,10)11/h4-5,14H,1H2,2H3. The molecule has 90 valence electrons. The minimum Gasteiger partial charge on any atom is -0.364 e. The van der Waals surface area contributed by atoms with Gasteiger partial charge in [-0.05, 0) is 12.5 Å². The van der Waals surface area contributed by atoms with Crippen LogP contribution in [-0.4, -0.2) is 29.9 Å². The van der Waals surface area contributed by atoms with Gasteiger partial charge < -0.3 is 5.11 Å². The van der Waals surface area contributed by atoms with Gasteiger partial charge in [0, 0.05) is 0 Å². The van der Waals surface area contributed by atoms with E-state index in [1.165, 1.54) is 0 Å². The van der Waals surface area contributed by atoms with Crippen LogP contribution in [0, 0.1) is 0 Å². The zero-order valence-electron chi connectivity index (χ0n) is 7.49. The summed E-state index contributed by atoms with van der Waals surface area (Å²) in [6, 6.07) is 0. The Kier molecular flexibility index (Phi) is 4.17. The molecule has 1 N–H and O–H groups in total. The summed E-state index contributed by atoms with van der Waals surface area (Å²) < 4.78 is 74.9. The third-order valence-corrected chi connectivity index (χ3v) is 1.27. The lowest BCUT2D eigenvalue weighted by Gasteiger charge is -2.24. The number of alkyl halides is 6. The normalized spacial score (nSPS) is 17.3. The maximum Gasteiger partial charge on any atom is 0.428 e. The summed E-state index contributed by atoms with van der Waals surface area (Å²) in [4.78, 5) is 0. The van der Waals surface area contributed by atoms with Crippen molar-refractivity contribution in [2.45, 2.75) is 31.7 Å². The van der Waals surface area contributed by atoms with Gasteiger partial charge in [0.2, 0.25) is 0 Å². The summed E-state index contributed by atoms with van der Waals surface area (Å²) in [6.45, 7) is 3.98. The number of rotatable bonds is 4. The molecule has 0 rings (SSSR count). The average molecular weight is 238 g/mol. The second-order valence-corrected chi connectivity index (χ2v) is 2.78. The van der Waals surface area contributed by atoms with Gasteiger partial charge in [-0.1, -0.05) is 6.58 Å². The topological polar surface area (TPSA) is 29.5 Å². The lowest BCUT2D eigenvalue weighted by atomic mass is 10.3. The Morgan fingerprint density at radius 1 is 1.27 bits per heavy atom. The van der Waals surface area contributed by atoms with Crippen LogP contribution in [0.5, 0.6) is 0 Å². The molecule has 15 heavy (non-hydrogen) atoms. The van der Waals surface area contributed by atoms with Gasteiger partial charge in [0.05, 0.1) is 0 Å². The Bertz CT molecular complexity index is 236. The number of ether oxygens (including phenoxy) is 1. The van der Waals surface area contributed by atoms with Gasteiger partial charge in [-0.25, -0.2) is 4.39 Å². The number of aliphatic hydroxyl groups excluding tert-OH is 1. The van der Waals surface area contributed by atoms with Crippen molar-refractivity contribution >= 4 is 0 Å². The molecule has 0 saturated carbocycles. The second kappa shape index (κ2) is 4.40. The fraction of sp³-hybridized carbons (Fsp3) is 0.714. The summed E-state index contributed by atoms with van der Waals surface area (Å²) in [5, 5.41) is 8.64. The molecule has 0 aromatic carbocycles.